The van der Waals surface area contributed by atoms with E-state index in [1.165, 1.54) is 32.5 Å². The summed E-state index contributed by atoms with van der Waals surface area (Å²) in [5, 5.41) is 0. The molecule has 1 rings (SSSR count). The van der Waals surface area contributed by atoms with Gasteiger partial charge in [-0.15, -0.1) is 0 Å². The Hall–Kier alpha value is -0.0800. The number of nitrogens with two attached hydrogens (primary N) is 1. The fourth-order valence-corrected chi connectivity index (χ4v) is 1.78. The van der Waals surface area contributed by atoms with Crippen molar-refractivity contribution in [1.29, 1.82) is 0 Å². The van der Waals surface area contributed by atoms with Crippen molar-refractivity contribution in [2.75, 3.05) is 19.6 Å². The molecule has 0 saturated heterocycles. The highest BCUT2D eigenvalue weighted by molar-refractivity contribution is 4.83. The van der Waals surface area contributed by atoms with Crippen LogP contribution in [0.1, 0.15) is 26.7 Å². The van der Waals surface area contributed by atoms with Gasteiger partial charge in [0.15, 0.2) is 0 Å². The molecule has 0 heterocycles. The third-order valence-electron chi connectivity index (χ3n) is 2.68. The van der Waals surface area contributed by atoms with Crippen molar-refractivity contribution in [1.82, 2.24) is 4.90 Å². The Morgan fingerprint density at radius 1 is 1.27 bits per heavy atom. The second-order valence-electron chi connectivity index (χ2n) is 3.58. The van der Waals surface area contributed by atoms with E-state index in [-0.39, 0.29) is 0 Å². The van der Waals surface area contributed by atoms with Gasteiger partial charge in [0.25, 0.3) is 0 Å². The minimum atomic E-state index is 0.510. The summed E-state index contributed by atoms with van der Waals surface area (Å²) >= 11 is 0. The number of rotatable bonds is 4. The first-order valence-corrected chi connectivity index (χ1v) is 4.74. The zero-order valence-electron chi connectivity index (χ0n) is 7.71. The molecule has 0 radical (unpaired) electrons. The van der Waals surface area contributed by atoms with E-state index < -0.39 is 0 Å². The van der Waals surface area contributed by atoms with Crippen molar-refractivity contribution >= 4 is 0 Å². The highest BCUT2D eigenvalue weighted by Crippen LogP contribution is 2.26. The molecule has 0 aromatic rings. The smallest absolute Gasteiger partial charge is 0.00450 e. The van der Waals surface area contributed by atoms with Crippen LogP contribution in [-0.2, 0) is 0 Å². The highest BCUT2D eigenvalue weighted by atomic mass is 15.1. The molecule has 0 spiro atoms. The second-order valence-corrected chi connectivity index (χ2v) is 3.58. The van der Waals surface area contributed by atoms with Crippen LogP contribution in [0, 0.1) is 5.92 Å². The maximum atomic E-state index is 5.71. The van der Waals surface area contributed by atoms with Crippen molar-refractivity contribution in [3.63, 3.8) is 0 Å². The molecule has 0 aromatic carbocycles. The Balaban J connectivity index is 2.09. The highest BCUT2D eigenvalue weighted by Gasteiger charge is 2.26. The fourth-order valence-electron chi connectivity index (χ4n) is 1.78. The van der Waals surface area contributed by atoms with Gasteiger partial charge in [0.1, 0.15) is 0 Å². The molecule has 1 aliphatic rings. The standard InChI is InChI=1S/C9H20N2/c1-3-11(4-2)7-8-5-9(10)6-8/h8-9H,3-7,10H2,1-2H3. The van der Waals surface area contributed by atoms with Crippen LogP contribution in [0.4, 0.5) is 0 Å². The summed E-state index contributed by atoms with van der Waals surface area (Å²) in [7, 11) is 0. The van der Waals surface area contributed by atoms with Crippen LogP contribution in [0.15, 0.2) is 0 Å². The SMILES string of the molecule is CCN(CC)CC1CC(N)C1. The quantitative estimate of drug-likeness (QED) is 0.659. The topological polar surface area (TPSA) is 29.3 Å². The second kappa shape index (κ2) is 4.07. The summed E-state index contributed by atoms with van der Waals surface area (Å²) in [6.07, 6.45) is 2.49. The van der Waals surface area contributed by atoms with Gasteiger partial charge in [-0.3, -0.25) is 0 Å². The lowest BCUT2D eigenvalue weighted by molar-refractivity contribution is 0.170. The molecule has 0 aromatic heterocycles. The predicted octanol–water partition coefficient (Wildman–Crippen LogP) is 1.07. The molecule has 1 aliphatic carbocycles. The average molecular weight is 156 g/mol. The van der Waals surface area contributed by atoms with Crippen LogP contribution in [0.25, 0.3) is 0 Å². The molecule has 1 fully saturated rings. The van der Waals surface area contributed by atoms with Gasteiger partial charge in [-0.1, -0.05) is 13.8 Å². The largest absolute Gasteiger partial charge is 0.328 e. The summed E-state index contributed by atoms with van der Waals surface area (Å²) in [5.74, 6) is 0.893. The predicted molar refractivity (Wildman–Crippen MR) is 48.5 cm³/mol. The maximum absolute atomic E-state index is 5.71. The van der Waals surface area contributed by atoms with E-state index >= 15 is 0 Å². The number of hydrogen-bond acceptors (Lipinski definition) is 2. The summed E-state index contributed by atoms with van der Waals surface area (Å²) in [6, 6.07) is 0.510. The average Bonchev–Trinajstić information content (AvgIpc) is 1.96. The lowest BCUT2D eigenvalue weighted by Gasteiger charge is -2.35. The molecule has 0 aliphatic heterocycles. The molecule has 0 unspecified atom stereocenters. The molecule has 1 saturated carbocycles. The van der Waals surface area contributed by atoms with Gasteiger partial charge in [0.2, 0.25) is 0 Å². The minimum absolute atomic E-state index is 0.510. The molecule has 2 heteroatoms. The summed E-state index contributed by atoms with van der Waals surface area (Å²) in [6.45, 7) is 8.08. The van der Waals surface area contributed by atoms with Gasteiger partial charge in [-0.25, -0.2) is 0 Å². The van der Waals surface area contributed by atoms with Crippen LogP contribution in [0.5, 0.6) is 0 Å². The van der Waals surface area contributed by atoms with E-state index in [1.807, 2.05) is 0 Å². The molecule has 11 heavy (non-hydrogen) atoms. The third-order valence-corrected chi connectivity index (χ3v) is 2.68. The number of hydrogen-bond donors (Lipinski definition) is 1. The normalized spacial score (nSPS) is 30.5. The first-order valence-electron chi connectivity index (χ1n) is 4.74. The van der Waals surface area contributed by atoms with E-state index in [0.29, 0.717) is 6.04 Å². The zero-order chi connectivity index (χ0) is 8.27. The van der Waals surface area contributed by atoms with Crippen molar-refractivity contribution in [3.8, 4) is 0 Å². The Bertz CT molecular complexity index is 104. The zero-order valence-corrected chi connectivity index (χ0v) is 7.71. The molecule has 66 valence electrons. The van der Waals surface area contributed by atoms with E-state index in [9.17, 15) is 0 Å². The van der Waals surface area contributed by atoms with Gasteiger partial charge in [-0.05, 0) is 31.8 Å². The molecule has 0 bridgehead atoms. The Morgan fingerprint density at radius 2 is 1.82 bits per heavy atom. The molecular formula is C9H20N2. The number of nitrogens with zero attached hydrogens (tertiary/aromatic N) is 1. The minimum Gasteiger partial charge on any atom is -0.328 e. The van der Waals surface area contributed by atoms with Crippen LogP contribution >= 0.6 is 0 Å². The van der Waals surface area contributed by atoms with Gasteiger partial charge < -0.3 is 10.6 Å². The van der Waals surface area contributed by atoms with Crippen LogP contribution in [-0.4, -0.2) is 30.6 Å². The fraction of sp³-hybridized carbons (Fsp3) is 1.00. The van der Waals surface area contributed by atoms with Crippen LogP contribution in [0.2, 0.25) is 0 Å². The van der Waals surface area contributed by atoms with Gasteiger partial charge in [-0.2, -0.15) is 0 Å². The Morgan fingerprint density at radius 3 is 2.18 bits per heavy atom. The van der Waals surface area contributed by atoms with Crippen molar-refractivity contribution in [2.45, 2.75) is 32.7 Å². The Labute approximate surface area is 69.8 Å². The monoisotopic (exact) mass is 156 g/mol. The molecule has 2 N–H and O–H groups in total. The maximum Gasteiger partial charge on any atom is 0.00450 e. The molecule has 2 nitrogen and oxygen atoms in total. The van der Waals surface area contributed by atoms with Gasteiger partial charge in [0, 0.05) is 12.6 Å². The van der Waals surface area contributed by atoms with Crippen molar-refractivity contribution in [3.05, 3.63) is 0 Å². The van der Waals surface area contributed by atoms with Crippen molar-refractivity contribution < 1.29 is 0 Å². The third kappa shape index (κ3) is 2.46. The lowest BCUT2D eigenvalue weighted by Crippen LogP contribution is -2.42. The first kappa shape index (κ1) is 9.01. The van der Waals surface area contributed by atoms with Gasteiger partial charge >= 0.3 is 0 Å². The Kier molecular flexibility index (Phi) is 3.34. The summed E-state index contributed by atoms with van der Waals surface area (Å²) in [5.41, 5.74) is 5.71. The molecule has 0 atom stereocenters. The molecular weight excluding hydrogens is 136 g/mol. The van der Waals surface area contributed by atoms with E-state index in [2.05, 4.69) is 18.7 Å². The van der Waals surface area contributed by atoms with E-state index in [1.54, 1.807) is 0 Å². The van der Waals surface area contributed by atoms with Crippen LogP contribution in [0.3, 0.4) is 0 Å². The molecule has 0 amide bonds. The van der Waals surface area contributed by atoms with Crippen LogP contribution < -0.4 is 5.73 Å². The van der Waals surface area contributed by atoms with E-state index in [4.69, 9.17) is 5.73 Å². The first-order chi connectivity index (χ1) is 5.26. The van der Waals surface area contributed by atoms with E-state index in [0.717, 1.165) is 5.92 Å². The van der Waals surface area contributed by atoms with Gasteiger partial charge in [0.05, 0.1) is 0 Å². The summed E-state index contributed by atoms with van der Waals surface area (Å²) in [4.78, 5) is 2.48. The summed E-state index contributed by atoms with van der Waals surface area (Å²) < 4.78 is 0. The van der Waals surface area contributed by atoms with Crippen molar-refractivity contribution in [2.24, 2.45) is 11.7 Å². The lowest BCUT2D eigenvalue weighted by atomic mass is 9.80.